The molecule has 1 aromatic carbocycles. The molecule has 0 saturated carbocycles. The van der Waals surface area contributed by atoms with Crippen LogP contribution in [0.4, 0.5) is 4.79 Å². The van der Waals surface area contributed by atoms with Crippen molar-refractivity contribution in [2.75, 3.05) is 13.1 Å². The highest BCUT2D eigenvalue weighted by Gasteiger charge is 2.38. The molecule has 1 amide bonds. The average molecular weight is 369 g/mol. The Morgan fingerprint density at radius 2 is 2.00 bits per heavy atom. The fourth-order valence-corrected chi connectivity index (χ4v) is 3.01. The molecule has 0 spiro atoms. The highest BCUT2D eigenvalue weighted by atomic mass is 79.9. The van der Waals surface area contributed by atoms with Crippen LogP contribution in [-0.2, 0) is 9.53 Å². The first-order chi connectivity index (χ1) is 10.2. The number of halogens is 1. The molecule has 120 valence electrons. The zero-order chi connectivity index (χ0) is 16.5. The molecule has 1 aliphatic rings. The minimum atomic E-state index is -1.14. The molecule has 0 radical (unpaired) electrons. The number of aliphatic carboxylic acids is 1. The van der Waals surface area contributed by atoms with Gasteiger partial charge in [-0.3, -0.25) is 0 Å². The van der Waals surface area contributed by atoms with Crippen molar-refractivity contribution in [2.45, 2.75) is 32.3 Å². The third-order valence-corrected chi connectivity index (χ3v) is 4.04. The molecule has 2 atom stereocenters. The largest absolute Gasteiger partial charge is 0.550 e. The maximum atomic E-state index is 12.2. The van der Waals surface area contributed by atoms with E-state index >= 15 is 0 Å². The van der Waals surface area contributed by atoms with Gasteiger partial charge in [-0.15, -0.1) is 0 Å². The van der Waals surface area contributed by atoms with Crippen LogP contribution in [0.25, 0.3) is 0 Å². The molecule has 1 aliphatic heterocycles. The molecule has 1 heterocycles. The van der Waals surface area contributed by atoms with Gasteiger partial charge in [0, 0.05) is 35.4 Å². The minimum Gasteiger partial charge on any atom is -0.550 e. The molecule has 0 N–H and O–H groups in total. The topological polar surface area (TPSA) is 69.7 Å². The summed E-state index contributed by atoms with van der Waals surface area (Å²) in [6.45, 7) is 5.76. The normalized spacial score (nSPS) is 21.7. The summed E-state index contributed by atoms with van der Waals surface area (Å²) in [7, 11) is 0. The van der Waals surface area contributed by atoms with Crippen LogP contribution in [0.15, 0.2) is 28.7 Å². The lowest BCUT2D eigenvalue weighted by Crippen LogP contribution is -2.38. The van der Waals surface area contributed by atoms with E-state index in [1.54, 1.807) is 20.8 Å². The van der Waals surface area contributed by atoms with E-state index in [0.717, 1.165) is 10.0 Å². The fraction of sp³-hybridized carbons (Fsp3) is 0.500. The molecule has 2 rings (SSSR count). The van der Waals surface area contributed by atoms with Crippen LogP contribution in [0.3, 0.4) is 0 Å². The summed E-state index contributed by atoms with van der Waals surface area (Å²) >= 11 is 3.38. The number of carboxylic acid groups (broad SMARTS) is 1. The molecular formula is C16H19BrNO4-. The van der Waals surface area contributed by atoms with Crippen molar-refractivity contribution in [2.24, 2.45) is 5.92 Å². The maximum absolute atomic E-state index is 12.2. The summed E-state index contributed by atoms with van der Waals surface area (Å²) in [6, 6.07) is 7.46. The molecule has 0 aromatic heterocycles. The molecular weight excluding hydrogens is 350 g/mol. The van der Waals surface area contributed by atoms with Crippen molar-refractivity contribution in [3.8, 4) is 0 Å². The first kappa shape index (κ1) is 16.8. The Balaban J connectivity index is 2.20. The predicted octanol–water partition coefficient (Wildman–Crippen LogP) is 2.15. The quantitative estimate of drug-likeness (QED) is 0.801. The maximum Gasteiger partial charge on any atom is 0.410 e. The minimum absolute atomic E-state index is 0.106. The van der Waals surface area contributed by atoms with Crippen molar-refractivity contribution in [1.29, 1.82) is 0 Å². The van der Waals surface area contributed by atoms with Gasteiger partial charge in [0.25, 0.3) is 0 Å². The van der Waals surface area contributed by atoms with E-state index in [1.807, 2.05) is 24.3 Å². The van der Waals surface area contributed by atoms with Gasteiger partial charge in [0.2, 0.25) is 0 Å². The Hall–Kier alpha value is -1.56. The number of rotatable bonds is 2. The molecule has 1 saturated heterocycles. The van der Waals surface area contributed by atoms with Gasteiger partial charge in [-0.05, 0) is 38.5 Å². The average Bonchev–Trinajstić information content (AvgIpc) is 2.82. The van der Waals surface area contributed by atoms with Crippen LogP contribution in [-0.4, -0.2) is 35.7 Å². The number of carboxylic acids is 1. The first-order valence-electron chi connectivity index (χ1n) is 7.11. The highest BCUT2D eigenvalue weighted by Crippen LogP contribution is 2.34. The summed E-state index contributed by atoms with van der Waals surface area (Å²) in [6.07, 6.45) is -0.490. The van der Waals surface area contributed by atoms with Crippen molar-refractivity contribution >= 4 is 28.0 Å². The number of carbonyl (C=O) groups is 2. The molecule has 0 aliphatic carbocycles. The van der Waals surface area contributed by atoms with Crippen molar-refractivity contribution in [3.05, 3.63) is 34.3 Å². The number of hydrogen-bond donors (Lipinski definition) is 0. The molecule has 0 bridgehead atoms. The summed E-state index contributed by atoms with van der Waals surface area (Å²) in [5, 5.41) is 11.4. The molecule has 1 fully saturated rings. The van der Waals surface area contributed by atoms with Crippen LogP contribution in [0.2, 0.25) is 0 Å². The summed E-state index contributed by atoms with van der Waals surface area (Å²) in [5.41, 5.74) is 0.261. The number of benzene rings is 1. The summed E-state index contributed by atoms with van der Waals surface area (Å²) < 4.78 is 6.20. The van der Waals surface area contributed by atoms with Crippen LogP contribution < -0.4 is 5.11 Å². The van der Waals surface area contributed by atoms with Gasteiger partial charge in [-0.25, -0.2) is 4.79 Å². The van der Waals surface area contributed by atoms with Crippen LogP contribution in [0.1, 0.15) is 32.3 Å². The lowest BCUT2D eigenvalue weighted by Gasteiger charge is -2.24. The van der Waals surface area contributed by atoms with E-state index in [2.05, 4.69) is 15.9 Å². The first-order valence-corrected chi connectivity index (χ1v) is 7.91. The van der Waals surface area contributed by atoms with E-state index in [1.165, 1.54) is 4.90 Å². The lowest BCUT2D eigenvalue weighted by atomic mass is 9.89. The predicted molar refractivity (Wildman–Crippen MR) is 83.2 cm³/mol. The second-order valence-corrected chi connectivity index (χ2v) is 7.39. The van der Waals surface area contributed by atoms with Gasteiger partial charge < -0.3 is 19.5 Å². The zero-order valence-electron chi connectivity index (χ0n) is 12.8. The fourth-order valence-electron chi connectivity index (χ4n) is 2.59. The van der Waals surface area contributed by atoms with E-state index in [4.69, 9.17) is 4.74 Å². The second-order valence-electron chi connectivity index (χ2n) is 6.47. The number of nitrogens with zero attached hydrogens (tertiary/aromatic N) is 1. The summed E-state index contributed by atoms with van der Waals surface area (Å²) in [5.74, 6) is -2.17. The Kier molecular flexibility index (Phi) is 4.80. The number of hydrogen-bond acceptors (Lipinski definition) is 4. The monoisotopic (exact) mass is 368 g/mol. The Bertz CT molecular complexity index is 582. The van der Waals surface area contributed by atoms with Crippen LogP contribution >= 0.6 is 15.9 Å². The SMILES string of the molecule is CC(C)(C)OC(=O)N1C[C@H](C(=O)[O-])[C@@H](c2cccc(Br)c2)C1. The van der Waals surface area contributed by atoms with Gasteiger partial charge in [-0.1, -0.05) is 28.1 Å². The molecule has 22 heavy (non-hydrogen) atoms. The third-order valence-electron chi connectivity index (χ3n) is 3.55. The van der Waals surface area contributed by atoms with Gasteiger partial charge in [0.05, 0.1) is 0 Å². The van der Waals surface area contributed by atoms with Gasteiger partial charge >= 0.3 is 6.09 Å². The number of ether oxygens (including phenoxy) is 1. The summed E-state index contributed by atoms with van der Waals surface area (Å²) in [4.78, 5) is 25.0. The van der Waals surface area contributed by atoms with Gasteiger partial charge in [0.1, 0.15) is 5.60 Å². The van der Waals surface area contributed by atoms with Crippen molar-refractivity contribution < 1.29 is 19.4 Å². The van der Waals surface area contributed by atoms with E-state index in [0.29, 0.717) is 6.54 Å². The van der Waals surface area contributed by atoms with Gasteiger partial charge in [-0.2, -0.15) is 0 Å². The number of likely N-dealkylation sites (tertiary alicyclic amines) is 1. The number of carbonyl (C=O) groups excluding carboxylic acids is 2. The molecule has 0 unspecified atom stereocenters. The molecule has 6 heteroatoms. The van der Waals surface area contributed by atoms with Crippen molar-refractivity contribution in [1.82, 2.24) is 4.90 Å². The number of amides is 1. The van der Waals surface area contributed by atoms with Crippen LogP contribution in [0, 0.1) is 5.92 Å². The Morgan fingerprint density at radius 3 is 2.55 bits per heavy atom. The molecule has 5 nitrogen and oxygen atoms in total. The smallest absolute Gasteiger partial charge is 0.410 e. The van der Waals surface area contributed by atoms with E-state index in [9.17, 15) is 14.7 Å². The zero-order valence-corrected chi connectivity index (χ0v) is 14.4. The standard InChI is InChI=1S/C16H20BrNO4/c1-16(2,3)22-15(21)18-8-12(13(9-18)14(19)20)10-5-4-6-11(17)7-10/h4-7,12-13H,8-9H2,1-3H3,(H,19,20)/p-1/t12-,13+/m1/s1. The van der Waals surface area contributed by atoms with E-state index in [-0.39, 0.29) is 12.5 Å². The van der Waals surface area contributed by atoms with E-state index < -0.39 is 23.6 Å². The lowest BCUT2D eigenvalue weighted by molar-refractivity contribution is -0.311. The second kappa shape index (κ2) is 6.28. The molecule has 1 aromatic rings. The van der Waals surface area contributed by atoms with Crippen LogP contribution in [0.5, 0.6) is 0 Å². The Morgan fingerprint density at radius 1 is 1.32 bits per heavy atom. The third kappa shape index (κ3) is 4.00. The Labute approximate surface area is 138 Å². The highest BCUT2D eigenvalue weighted by molar-refractivity contribution is 9.10. The van der Waals surface area contributed by atoms with Gasteiger partial charge in [0.15, 0.2) is 0 Å². The van der Waals surface area contributed by atoms with Crippen molar-refractivity contribution in [3.63, 3.8) is 0 Å².